The molecule has 108 valence electrons. The van der Waals surface area contributed by atoms with Gasteiger partial charge in [0.25, 0.3) is 0 Å². The lowest BCUT2D eigenvalue weighted by Gasteiger charge is -2.45. The van der Waals surface area contributed by atoms with Crippen molar-refractivity contribution in [1.29, 1.82) is 0 Å². The smallest absolute Gasteiger partial charge is 0.306 e. The predicted molar refractivity (Wildman–Crippen MR) is 70.7 cm³/mol. The monoisotopic (exact) mass is 268 g/mol. The van der Waals surface area contributed by atoms with Crippen LogP contribution in [0.1, 0.15) is 51.9 Å². The largest absolute Gasteiger partial charge is 0.481 e. The molecule has 0 radical (unpaired) electrons. The van der Waals surface area contributed by atoms with E-state index in [1.165, 1.54) is 0 Å². The molecule has 0 aromatic heterocycles. The van der Waals surface area contributed by atoms with Gasteiger partial charge in [0.05, 0.1) is 11.8 Å². The van der Waals surface area contributed by atoms with Crippen molar-refractivity contribution in [3.05, 3.63) is 0 Å². The number of aliphatic carboxylic acids is 2. The summed E-state index contributed by atoms with van der Waals surface area (Å²) < 4.78 is 0. The van der Waals surface area contributed by atoms with E-state index in [0.29, 0.717) is 17.8 Å². The summed E-state index contributed by atoms with van der Waals surface area (Å²) in [5.74, 6) is -0.477. The Hall–Kier alpha value is -1.06. The molecular weight excluding hydrogens is 244 g/mol. The van der Waals surface area contributed by atoms with E-state index in [2.05, 4.69) is 6.92 Å². The molecule has 0 aliphatic heterocycles. The highest BCUT2D eigenvalue weighted by Gasteiger charge is 2.44. The zero-order valence-corrected chi connectivity index (χ0v) is 11.5. The highest BCUT2D eigenvalue weighted by atomic mass is 16.4. The first kappa shape index (κ1) is 14.4. The lowest BCUT2D eigenvalue weighted by Crippen LogP contribution is -2.40. The van der Waals surface area contributed by atoms with Gasteiger partial charge in [-0.1, -0.05) is 19.8 Å². The van der Waals surface area contributed by atoms with Crippen molar-refractivity contribution < 1.29 is 19.8 Å². The third-order valence-corrected chi connectivity index (χ3v) is 5.19. The van der Waals surface area contributed by atoms with Gasteiger partial charge < -0.3 is 10.2 Å². The number of hydrogen-bond donors (Lipinski definition) is 2. The maximum Gasteiger partial charge on any atom is 0.306 e. The molecule has 0 bridgehead atoms. The van der Waals surface area contributed by atoms with E-state index in [4.69, 9.17) is 0 Å². The van der Waals surface area contributed by atoms with E-state index < -0.39 is 11.9 Å². The van der Waals surface area contributed by atoms with Crippen LogP contribution in [-0.4, -0.2) is 22.2 Å². The molecular formula is C15H24O4. The second-order valence-electron chi connectivity index (χ2n) is 6.33. The van der Waals surface area contributed by atoms with Crippen LogP contribution in [-0.2, 0) is 9.59 Å². The highest BCUT2D eigenvalue weighted by molar-refractivity contribution is 5.71. The lowest BCUT2D eigenvalue weighted by molar-refractivity contribution is -0.149. The Morgan fingerprint density at radius 3 is 2.26 bits per heavy atom. The van der Waals surface area contributed by atoms with Crippen molar-refractivity contribution in [1.82, 2.24) is 0 Å². The molecule has 2 N–H and O–H groups in total. The standard InChI is InChI=1S/C15H24O4/c1-2-3-9-6-12(15(18)19)7-10-4-5-11(14(16)17)8-13(9)10/h9-13H,2-8H2,1H3,(H,16,17)(H,18,19). The second-order valence-corrected chi connectivity index (χ2v) is 6.33. The molecule has 2 rings (SSSR count). The molecule has 5 atom stereocenters. The first-order valence-electron chi connectivity index (χ1n) is 7.48. The molecule has 0 amide bonds. The Labute approximate surface area is 114 Å². The maximum atomic E-state index is 11.3. The average Bonchev–Trinajstić information content (AvgIpc) is 2.38. The van der Waals surface area contributed by atoms with Crippen LogP contribution >= 0.6 is 0 Å². The van der Waals surface area contributed by atoms with Gasteiger partial charge in [-0.25, -0.2) is 0 Å². The summed E-state index contributed by atoms with van der Waals surface area (Å²) in [4.78, 5) is 22.4. The fourth-order valence-corrected chi connectivity index (χ4v) is 4.27. The van der Waals surface area contributed by atoms with E-state index in [1.54, 1.807) is 0 Å². The van der Waals surface area contributed by atoms with Gasteiger partial charge in [0, 0.05) is 0 Å². The molecule has 4 nitrogen and oxygen atoms in total. The van der Waals surface area contributed by atoms with Gasteiger partial charge in [0.1, 0.15) is 0 Å². The molecule has 0 aromatic rings. The van der Waals surface area contributed by atoms with Gasteiger partial charge in [-0.05, 0) is 49.9 Å². The number of hydrogen-bond acceptors (Lipinski definition) is 2. The van der Waals surface area contributed by atoms with E-state index in [9.17, 15) is 19.8 Å². The van der Waals surface area contributed by atoms with Gasteiger partial charge in [0.2, 0.25) is 0 Å². The van der Waals surface area contributed by atoms with Crippen molar-refractivity contribution in [2.45, 2.75) is 51.9 Å². The second kappa shape index (κ2) is 5.93. The van der Waals surface area contributed by atoms with Gasteiger partial charge in [-0.15, -0.1) is 0 Å². The van der Waals surface area contributed by atoms with Crippen LogP contribution in [0.2, 0.25) is 0 Å². The quantitative estimate of drug-likeness (QED) is 0.822. The van der Waals surface area contributed by atoms with Crippen molar-refractivity contribution in [2.75, 3.05) is 0 Å². The summed E-state index contributed by atoms with van der Waals surface area (Å²) in [6.45, 7) is 2.12. The van der Waals surface area contributed by atoms with Crippen LogP contribution in [0, 0.1) is 29.6 Å². The fraction of sp³-hybridized carbons (Fsp3) is 0.867. The van der Waals surface area contributed by atoms with E-state index in [1.807, 2.05) is 0 Å². The maximum absolute atomic E-state index is 11.3. The molecule has 0 aromatic carbocycles. The molecule has 0 spiro atoms. The first-order valence-corrected chi connectivity index (χ1v) is 7.48. The Bertz CT molecular complexity index is 352. The fourth-order valence-electron chi connectivity index (χ4n) is 4.27. The SMILES string of the molecule is CCCC1CC(C(=O)O)CC2CCC(C(=O)O)CC12. The molecule has 2 aliphatic carbocycles. The van der Waals surface area contributed by atoms with Crippen molar-refractivity contribution in [3.8, 4) is 0 Å². The third kappa shape index (κ3) is 3.10. The van der Waals surface area contributed by atoms with Gasteiger partial charge in [-0.2, -0.15) is 0 Å². The summed E-state index contributed by atoms with van der Waals surface area (Å²) in [5.41, 5.74) is 0. The number of rotatable bonds is 4. The Balaban J connectivity index is 2.09. The van der Waals surface area contributed by atoms with Gasteiger partial charge >= 0.3 is 11.9 Å². The van der Waals surface area contributed by atoms with Crippen LogP contribution in [0.25, 0.3) is 0 Å². The zero-order valence-electron chi connectivity index (χ0n) is 11.5. The van der Waals surface area contributed by atoms with Crippen LogP contribution in [0.15, 0.2) is 0 Å². The van der Waals surface area contributed by atoms with E-state index in [0.717, 1.165) is 44.9 Å². The number of fused-ring (bicyclic) bond motifs is 1. The number of carbonyl (C=O) groups is 2. The summed E-state index contributed by atoms with van der Waals surface area (Å²) in [6.07, 6.45) is 5.97. The molecule has 19 heavy (non-hydrogen) atoms. The molecule has 0 saturated heterocycles. The minimum atomic E-state index is -0.672. The highest BCUT2D eigenvalue weighted by Crippen LogP contribution is 2.49. The summed E-state index contributed by atoms with van der Waals surface area (Å²) in [6, 6.07) is 0. The van der Waals surface area contributed by atoms with Crippen LogP contribution in [0.3, 0.4) is 0 Å². The molecule has 5 unspecified atom stereocenters. The Morgan fingerprint density at radius 1 is 1.00 bits per heavy atom. The van der Waals surface area contributed by atoms with Gasteiger partial charge in [0.15, 0.2) is 0 Å². The van der Waals surface area contributed by atoms with Crippen molar-refractivity contribution in [3.63, 3.8) is 0 Å². The Kier molecular flexibility index (Phi) is 4.48. The normalized spacial score (nSPS) is 38.5. The minimum absolute atomic E-state index is 0.206. The summed E-state index contributed by atoms with van der Waals surface area (Å²) >= 11 is 0. The van der Waals surface area contributed by atoms with Crippen LogP contribution < -0.4 is 0 Å². The lowest BCUT2D eigenvalue weighted by atomic mass is 9.59. The van der Waals surface area contributed by atoms with Crippen LogP contribution in [0.4, 0.5) is 0 Å². The zero-order chi connectivity index (χ0) is 14.0. The first-order chi connectivity index (χ1) is 9.02. The Morgan fingerprint density at radius 2 is 1.68 bits per heavy atom. The summed E-state index contributed by atoms with van der Waals surface area (Å²) in [5, 5.41) is 18.5. The molecule has 2 fully saturated rings. The molecule has 0 heterocycles. The molecule has 2 aliphatic rings. The van der Waals surface area contributed by atoms with Crippen LogP contribution in [0.5, 0.6) is 0 Å². The van der Waals surface area contributed by atoms with Crippen molar-refractivity contribution in [2.24, 2.45) is 29.6 Å². The van der Waals surface area contributed by atoms with E-state index >= 15 is 0 Å². The number of carboxylic acid groups (broad SMARTS) is 2. The van der Waals surface area contributed by atoms with Crippen molar-refractivity contribution >= 4 is 11.9 Å². The topological polar surface area (TPSA) is 74.6 Å². The average molecular weight is 268 g/mol. The molecule has 2 saturated carbocycles. The van der Waals surface area contributed by atoms with E-state index in [-0.39, 0.29) is 11.8 Å². The third-order valence-electron chi connectivity index (χ3n) is 5.19. The summed E-state index contributed by atoms with van der Waals surface area (Å²) in [7, 11) is 0. The predicted octanol–water partition coefficient (Wildman–Crippen LogP) is 3.01. The molecule has 4 heteroatoms. The number of carboxylic acids is 2. The van der Waals surface area contributed by atoms with Gasteiger partial charge in [-0.3, -0.25) is 9.59 Å². The minimum Gasteiger partial charge on any atom is -0.481 e.